The summed E-state index contributed by atoms with van der Waals surface area (Å²) in [6.45, 7) is 8.58. The van der Waals surface area contributed by atoms with Crippen LogP contribution in [0.1, 0.15) is 17.4 Å². The highest BCUT2D eigenvalue weighted by Crippen LogP contribution is 2.31. The third-order valence-corrected chi connectivity index (χ3v) is 6.30. The Morgan fingerprint density at radius 2 is 2.07 bits per heavy atom. The number of hydrogen-bond acceptors (Lipinski definition) is 5. The molecule has 27 heavy (non-hydrogen) atoms. The average molecular weight is 408 g/mol. The van der Waals surface area contributed by atoms with E-state index in [4.69, 9.17) is 16.3 Å². The van der Waals surface area contributed by atoms with Gasteiger partial charge in [0.05, 0.1) is 18.8 Å². The number of nitrogens with one attached hydrogen (secondary N) is 1. The van der Waals surface area contributed by atoms with Gasteiger partial charge in [-0.1, -0.05) is 17.7 Å². The van der Waals surface area contributed by atoms with Crippen molar-refractivity contribution in [2.75, 3.05) is 38.6 Å². The van der Waals surface area contributed by atoms with Crippen LogP contribution in [0.2, 0.25) is 5.02 Å². The van der Waals surface area contributed by atoms with Crippen LogP contribution in [0.4, 0.5) is 5.69 Å². The Morgan fingerprint density at radius 1 is 1.33 bits per heavy atom. The van der Waals surface area contributed by atoms with E-state index in [9.17, 15) is 4.79 Å². The number of nitrogens with zero attached hydrogens (tertiary/aromatic N) is 2. The summed E-state index contributed by atoms with van der Waals surface area (Å²) in [4.78, 5) is 18.8. The maximum absolute atomic E-state index is 12.8. The van der Waals surface area contributed by atoms with E-state index in [0.29, 0.717) is 16.5 Å². The Kier molecular flexibility index (Phi) is 6.76. The second-order valence-corrected chi connectivity index (χ2v) is 8.30. The summed E-state index contributed by atoms with van der Waals surface area (Å²) >= 11 is 7.94. The number of anilines is 1. The Balaban J connectivity index is 1.56. The zero-order valence-electron chi connectivity index (χ0n) is 16.0. The van der Waals surface area contributed by atoms with E-state index >= 15 is 0 Å². The van der Waals surface area contributed by atoms with Crippen LogP contribution in [0.3, 0.4) is 0 Å². The van der Waals surface area contributed by atoms with Crippen LogP contribution in [0.5, 0.6) is 5.75 Å². The lowest BCUT2D eigenvalue weighted by atomic mass is 10.1. The monoisotopic (exact) mass is 407 g/mol. The van der Waals surface area contributed by atoms with Crippen LogP contribution in [0, 0.1) is 6.92 Å². The van der Waals surface area contributed by atoms with E-state index in [0.717, 1.165) is 38.3 Å². The molecule has 0 bridgehead atoms. The van der Waals surface area contributed by atoms with Crippen molar-refractivity contribution < 1.29 is 9.53 Å². The van der Waals surface area contributed by atoms with Crippen LogP contribution < -0.4 is 10.1 Å². The second kappa shape index (κ2) is 9.06. The molecule has 1 saturated heterocycles. The molecule has 0 radical (unpaired) electrons. The molecule has 2 aromatic rings. The van der Waals surface area contributed by atoms with Crippen LogP contribution >= 0.6 is 22.9 Å². The molecule has 2 heterocycles. The topological polar surface area (TPSA) is 44.8 Å². The third-order valence-electron chi connectivity index (χ3n) is 5.03. The number of hydrogen-bond donors (Lipinski definition) is 1. The minimum Gasteiger partial charge on any atom is -0.495 e. The van der Waals surface area contributed by atoms with E-state index in [1.807, 2.05) is 19.9 Å². The number of benzene rings is 1. The summed E-state index contributed by atoms with van der Waals surface area (Å²) < 4.78 is 5.35. The number of ether oxygens (including phenoxy) is 1. The number of carbonyl (C=O) groups excluding carboxylic acids is 1. The molecule has 1 aliphatic heterocycles. The van der Waals surface area contributed by atoms with Gasteiger partial charge in [0.1, 0.15) is 5.75 Å². The molecule has 1 aliphatic rings. The second-order valence-electron chi connectivity index (χ2n) is 6.86. The van der Waals surface area contributed by atoms with Crippen molar-refractivity contribution in [1.82, 2.24) is 9.80 Å². The summed E-state index contributed by atoms with van der Waals surface area (Å²) in [6, 6.07) is 7.66. The van der Waals surface area contributed by atoms with E-state index in [1.54, 1.807) is 24.5 Å². The molecule has 0 aliphatic carbocycles. The molecule has 0 saturated carbocycles. The summed E-state index contributed by atoms with van der Waals surface area (Å²) in [5, 5.41) is 5.74. The Labute approximate surface area is 169 Å². The molecule has 1 amide bonds. The molecule has 5 nitrogen and oxygen atoms in total. The molecule has 7 heteroatoms. The zero-order chi connectivity index (χ0) is 19.4. The predicted octanol–water partition coefficient (Wildman–Crippen LogP) is 3.86. The smallest absolute Gasteiger partial charge is 0.241 e. The van der Waals surface area contributed by atoms with E-state index in [2.05, 4.69) is 32.6 Å². The summed E-state index contributed by atoms with van der Waals surface area (Å²) in [5.41, 5.74) is 1.56. The fourth-order valence-corrected chi connectivity index (χ4v) is 4.16. The molecule has 1 atom stereocenters. The van der Waals surface area contributed by atoms with Gasteiger partial charge in [0, 0.05) is 48.7 Å². The number of thiophene rings is 1. The van der Waals surface area contributed by atoms with Crippen molar-refractivity contribution in [1.29, 1.82) is 0 Å². The summed E-state index contributed by atoms with van der Waals surface area (Å²) in [5.74, 6) is 0.550. The van der Waals surface area contributed by atoms with Crippen LogP contribution in [-0.2, 0) is 11.3 Å². The lowest BCUT2D eigenvalue weighted by molar-refractivity contribution is -0.121. The fourth-order valence-electron chi connectivity index (χ4n) is 3.26. The number of halogens is 1. The van der Waals surface area contributed by atoms with Gasteiger partial charge in [0.25, 0.3) is 0 Å². The minimum absolute atomic E-state index is 0.0262. The van der Waals surface area contributed by atoms with Gasteiger partial charge < -0.3 is 10.1 Å². The average Bonchev–Trinajstić information content (AvgIpc) is 3.17. The van der Waals surface area contributed by atoms with Crippen molar-refractivity contribution in [2.24, 2.45) is 0 Å². The Bertz CT molecular complexity index is 774. The molecule has 1 aromatic heterocycles. The molecule has 0 unspecified atom stereocenters. The van der Waals surface area contributed by atoms with Gasteiger partial charge in [-0.25, -0.2) is 0 Å². The van der Waals surface area contributed by atoms with Gasteiger partial charge in [0.2, 0.25) is 5.91 Å². The lowest BCUT2D eigenvalue weighted by Crippen LogP contribution is -2.52. The normalized spacial score (nSPS) is 16.9. The SMILES string of the molecule is COc1cc(Cl)c(C)cc1NC(=O)[C@@H](C)N1CCN(Cc2cccs2)CC1. The zero-order valence-corrected chi connectivity index (χ0v) is 17.6. The molecule has 1 N–H and O–H groups in total. The van der Waals surface area contributed by atoms with Crippen LogP contribution in [0.25, 0.3) is 0 Å². The summed E-state index contributed by atoms with van der Waals surface area (Å²) in [6.07, 6.45) is 0. The number of methoxy groups -OCH3 is 1. The highest BCUT2D eigenvalue weighted by molar-refractivity contribution is 7.09. The maximum atomic E-state index is 12.8. The lowest BCUT2D eigenvalue weighted by Gasteiger charge is -2.37. The first-order valence-electron chi connectivity index (χ1n) is 9.11. The van der Waals surface area contributed by atoms with E-state index < -0.39 is 0 Å². The highest BCUT2D eigenvalue weighted by Gasteiger charge is 2.26. The number of rotatable bonds is 6. The Morgan fingerprint density at radius 3 is 2.70 bits per heavy atom. The molecule has 146 valence electrons. The fraction of sp³-hybridized carbons (Fsp3) is 0.450. The third kappa shape index (κ3) is 5.02. The molecule has 0 spiro atoms. The van der Waals surface area contributed by atoms with Gasteiger partial charge in [-0.3, -0.25) is 14.6 Å². The minimum atomic E-state index is -0.199. The molecular weight excluding hydrogens is 382 g/mol. The van der Waals surface area contributed by atoms with Crippen LogP contribution in [-0.4, -0.2) is 55.0 Å². The first kappa shape index (κ1) is 20.1. The van der Waals surface area contributed by atoms with Gasteiger partial charge in [-0.2, -0.15) is 0 Å². The molecule has 3 rings (SSSR count). The maximum Gasteiger partial charge on any atom is 0.241 e. The number of carbonyl (C=O) groups is 1. The highest BCUT2D eigenvalue weighted by atomic mass is 35.5. The number of amides is 1. The quantitative estimate of drug-likeness (QED) is 0.789. The van der Waals surface area contributed by atoms with Crippen molar-refractivity contribution in [3.63, 3.8) is 0 Å². The van der Waals surface area contributed by atoms with Crippen molar-refractivity contribution in [3.8, 4) is 5.75 Å². The van der Waals surface area contributed by atoms with Crippen molar-refractivity contribution in [2.45, 2.75) is 26.4 Å². The first-order valence-corrected chi connectivity index (χ1v) is 10.4. The predicted molar refractivity (Wildman–Crippen MR) is 112 cm³/mol. The molecule has 1 aromatic carbocycles. The number of piperazine rings is 1. The van der Waals surface area contributed by atoms with Gasteiger partial charge in [-0.05, 0) is 36.9 Å². The van der Waals surface area contributed by atoms with Gasteiger partial charge in [-0.15, -0.1) is 11.3 Å². The van der Waals surface area contributed by atoms with E-state index in [1.165, 1.54) is 4.88 Å². The Hall–Kier alpha value is -1.60. The standard InChI is InChI=1S/C20H26ClN3O2S/c1-14-11-18(19(26-3)12-17(14)21)22-20(25)15(2)24-8-6-23(7-9-24)13-16-5-4-10-27-16/h4-5,10-12,15H,6-9,13H2,1-3H3,(H,22,25)/t15-/m1/s1. The number of aryl methyl sites for hydroxylation is 1. The largest absolute Gasteiger partial charge is 0.495 e. The van der Waals surface area contributed by atoms with Crippen molar-refractivity contribution >= 4 is 34.5 Å². The molecular formula is C20H26ClN3O2S. The summed E-state index contributed by atoms with van der Waals surface area (Å²) in [7, 11) is 1.58. The van der Waals surface area contributed by atoms with E-state index in [-0.39, 0.29) is 11.9 Å². The van der Waals surface area contributed by atoms with Gasteiger partial charge >= 0.3 is 0 Å². The van der Waals surface area contributed by atoms with Crippen LogP contribution in [0.15, 0.2) is 29.6 Å². The van der Waals surface area contributed by atoms with Gasteiger partial charge in [0.15, 0.2) is 0 Å². The first-order chi connectivity index (χ1) is 13.0. The molecule has 1 fully saturated rings. The van der Waals surface area contributed by atoms with Crippen molar-refractivity contribution in [3.05, 3.63) is 45.1 Å².